The van der Waals surface area contributed by atoms with Crippen LogP contribution < -0.4 is 68.9 Å². The van der Waals surface area contributed by atoms with Crippen LogP contribution in [0.5, 0.6) is 0 Å². The summed E-state index contributed by atoms with van der Waals surface area (Å²) in [5.74, 6) is -1.00. The molecule has 0 saturated heterocycles. The molecule has 0 aromatic rings. The van der Waals surface area contributed by atoms with Crippen molar-refractivity contribution < 1.29 is 87.5 Å². The molecule has 0 atom stereocenters. The monoisotopic (exact) mass is 242 g/mol. The molecule has 0 fully saturated rings. The zero-order chi connectivity index (χ0) is 9.78. The first-order valence-electron chi connectivity index (χ1n) is 3.16. The Morgan fingerprint density at radius 1 is 1.36 bits per heavy atom. The summed E-state index contributed by atoms with van der Waals surface area (Å²) < 4.78 is 17.7. The molecule has 0 aliphatic heterocycles. The number of ether oxygens (including phenoxy) is 1. The Bertz CT molecular complexity index is 202. The number of hydrogen-bond donors (Lipinski definition) is 0. The molecule has 0 spiro atoms. The summed E-state index contributed by atoms with van der Waals surface area (Å²) in [7, 11) is -5.03. The summed E-state index contributed by atoms with van der Waals surface area (Å²) in [6.45, 7) is 2.29. The Morgan fingerprint density at radius 3 is 2.07 bits per heavy atom. The second-order valence-electron chi connectivity index (χ2n) is 2.31. The van der Waals surface area contributed by atoms with Crippen molar-refractivity contribution in [3.05, 3.63) is 0 Å². The molecule has 0 rings (SSSR count). The van der Waals surface area contributed by atoms with Gasteiger partial charge in [0.2, 0.25) is 0 Å². The summed E-state index contributed by atoms with van der Waals surface area (Å²) >= 11 is 0. The van der Waals surface area contributed by atoms with Gasteiger partial charge in [-0.05, 0) is 0 Å². The van der Waals surface area contributed by atoms with Crippen molar-refractivity contribution in [3.63, 3.8) is 0 Å². The molecule has 0 aliphatic carbocycles. The molecule has 9 heteroatoms. The van der Waals surface area contributed by atoms with Crippen LogP contribution in [0, 0.1) is 5.92 Å². The van der Waals surface area contributed by atoms with E-state index in [1.165, 1.54) is 0 Å². The van der Waals surface area contributed by atoms with Crippen LogP contribution in [0.25, 0.3) is 0 Å². The van der Waals surface area contributed by atoms with Crippen molar-refractivity contribution in [3.8, 4) is 0 Å². The third-order valence-electron chi connectivity index (χ3n) is 0.883. The Labute approximate surface area is 127 Å². The summed E-state index contributed by atoms with van der Waals surface area (Å²) in [4.78, 5) is 30.3. The number of rotatable bonds is 4. The Balaban J connectivity index is -0.000000605. The van der Waals surface area contributed by atoms with E-state index in [-0.39, 0.29) is 65.0 Å². The number of esters is 1. The van der Waals surface area contributed by atoms with Gasteiger partial charge in [0.1, 0.15) is 0 Å². The summed E-state index contributed by atoms with van der Waals surface area (Å²) in [6.07, 6.45) is 0. The van der Waals surface area contributed by atoms with Gasteiger partial charge in [0.05, 0.1) is 13.7 Å². The van der Waals surface area contributed by atoms with E-state index < -0.39 is 20.6 Å². The van der Waals surface area contributed by atoms with Crippen LogP contribution in [0.3, 0.4) is 0 Å². The first kappa shape index (κ1) is 20.9. The first-order valence-corrected chi connectivity index (χ1v) is 4.62. The topological polar surface area (TPSA) is 98.7 Å². The molecule has 0 aromatic carbocycles. The van der Waals surface area contributed by atoms with Crippen molar-refractivity contribution in [2.24, 2.45) is 5.92 Å². The third kappa shape index (κ3) is 13.6. The summed E-state index contributed by atoms with van der Waals surface area (Å²) in [6, 6.07) is 0. The summed E-state index contributed by atoms with van der Waals surface area (Å²) in [5.41, 5.74) is 0. The predicted octanol–water partition coefficient (Wildman–Crippen LogP) is -7.00. The smallest absolute Gasteiger partial charge is 0.790 e. The van der Waals surface area contributed by atoms with E-state index in [4.69, 9.17) is 0 Å². The second kappa shape index (κ2) is 9.78. The fourth-order valence-electron chi connectivity index (χ4n) is 0.316. The molecule has 0 bridgehead atoms. The maximum atomic E-state index is 10.6. The minimum absolute atomic E-state index is 0. The van der Waals surface area contributed by atoms with Crippen LogP contribution in [0.4, 0.5) is 0 Å². The molecule has 0 aromatic heterocycles. The van der Waals surface area contributed by atoms with Gasteiger partial charge in [0.25, 0.3) is 0 Å². The molecule has 72 valence electrons. The van der Waals surface area contributed by atoms with Gasteiger partial charge in [0, 0.05) is 0 Å². The summed E-state index contributed by atoms with van der Waals surface area (Å²) in [5, 5.41) is 0. The molecule has 0 heterocycles. The Kier molecular flexibility index (Phi) is 14.6. The Morgan fingerprint density at radius 2 is 1.79 bits per heavy atom. The maximum absolute atomic E-state index is 10.6. The van der Waals surface area contributed by atoms with E-state index in [2.05, 4.69) is 9.26 Å². The van der Waals surface area contributed by atoms with Crippen LogP contribution in [0.1, 0.15) is 13.8 Å². The third-order valence-corrected chi connectivity index (χ3v) is 1.31. The number of hydrogen-bond acceptors (Lipinski definition) is 6. The fraction of sp³-hybridized carbons (Fsp3) is 0.800. The number of carbonyl (C=O) groups excluding carboxylic acids is 1. The van der Waals surface area contributed by atoms with Crippen molar-refractivity contribution in [2.45, 2.75) is 13.8 Å². The van der Waals surface area contributed by atoms with E-state index in [1.54, 1.807) is 13.8 Å². The molecule has 0 radical (unpaired) electrons. The standard InChI is InChI=1S/C5H11O6P.2Na/c1-4(2)5(6)10-3-11-12(7,8)9;;/h4H,3H2,1-2H3,(H2,7,8,9);;/q;2*+1/p-2. The normalized spacial score (nSPS) is 10.1. The quantitative estimate of drug-likeness (QED) is 0.210. The van der Waals surface area contributed by atoms with Crippen LogP contribution in [0.2, 0.25) is 0 Å². The van der Waals surface area contributed by atoms with Crippen LogP contribution in [-0.4, -0.2) is 12.8 Å². The fourth-order valence-corrected chi connectivity index (χ4v) is 0.497. The molecule has 0 aliphatic rings. The average Bonchev–Trinajstić information content (AvgIpc) is 1.84. The van der Waals surface area contributed by atoms with Gasteiger partial charge in [-0.15, -0.1) is 0 Å². The first-order chi connectivity index (χ1) is 5.33. The van der Waals surface area contributed by atoms with E-state index in [1.807, 2.05) is 0 Å². The molecule has 0 unspecified atom stereocenters. The van der Waals surface area contributed by atoms with E-state index in [0.29, 0.717) is 0 Å². The largest absolute Gasteiger partial charge is 1.00 e. The van der Waals surface area contributed by atoms with Gasteiger partial charge >= 0.3 is 65.1 Å². The van der Waals surface area contributed by atoms with E-state index >= 15 is 0 Å². The van der Waals surface area contributed by atoms with Gasteiger partial charge < -0.3 is 23.6 Å². The minimum atomic E-state index is -5.03. The molecule has 0 N–H and O–H groups in total. The zero-order valence-corrected chi connectivity index (χ0v) is 13.6. The van der Waals surface area contributed by atoms with Crippen LogP contribution in [-0.2, 0) is 18.6 Å². The average molecular weight is 242 g/mol. The van der Waals surface area contributed by atoms with Crippen molar-refractivity contribution in [1.29, 1.82) is 0 Å². The minimum Gasteiger partial charge on any atom is -0.790 e. The van der Waals surface area contributed by atoms with Gasteiger partial charge in [-0.2, -0.15) is 0 Å². The Hall–Kier alpha value is 1.58. The number of phosphoric ester groups is 1. The molecule has 14 heavy (non-hydrogen) atoms. The molecule has 0 amide bonds. The molecule has 6 nitrogen and oxygen atoms in total. The molecular weight excluding hydrogens is 233 g/mol. The SMILES string of the molecule is CC(C)C(=O)OCOP(=O)([O-])[O-].[Na+].[Na+]. The number of carbonyl (C=O) groups is 1. The number of phosphoric acid groups is 1. The molecular formula is C5H9Na2O6P. The van der Waals surface area contributed by atoms with Crippen molar-refractivity contribution >= 4 is 13.8 Å². The van der Waals surface area contributed by atoms with Gasteiger partial charge in [-0.3, -0.25) is 4.79 Å². The molecule has 0 saturated carbocycles. The van der Waals surface area contributed by atoms with Gasteiger partial charge in [-0.25, -0.2) is 0 Å². The van der Waals surface area contributed by atoms with E-state index in [9.17, 15) is 19.1 Å². The zero-order valence-electron chi connectivity index (χ0n) is 8.68. The predicted molar refractivity (Wildman–Crippen MR) is 34.5 cm³/mol. The van der Waals surface area contributed by atoms with Gasteiger partial charge in [-0.1, -0.05) is 13.8 Å². The second-order valence-corrected chi connectivity index (χ2v) is 3.46. The maximum Gasteiger partial charge on any atom is 1.00 e. The van der Waals surface area contributed by atoms with Gasteiger partial charge in [0.15, 0.2) is 6.79 Å². The van der Waals surface area contributed by atoms with Crippen LogP contribution >= 0.6 is 7.82 Å². The van der Waals surface area contributed by atoms with E-state index in [0.717, 1.165) is 0 Å². The van der Waals surface area contributed by atoms with Crippen molar-refractivity contribution in [2.75, 3.05) is 6.79 Å². The van der Waals surface area contributed by atoms with Crippen molar-refractivity contribution in [1.82, 2.24) is 0 Å². The van der Waals surface area contributed by atoms with Crippen LogP contribution in [0.15, 0.2) is 0 Å².